The zero-order valence-electron chi connectivity index (χ0n) is 9.84. The summed E-state index contributed by atoms with van der Waals surface area (Å²) in [6.07, 6.45) is 1.72. The van der Waals surface area contributed by atoms with Crippen LogP contribution in [0, 0.1) is 11.8 Å². The number of hydrogen-bond donors (Lipinski definition) is 2. The summed E-state index contributed by atoms with van der Waals surface area (Å²) in [6, 6.07) is -0.334. The molecule has 1 unspecified atom stereocenters. The van der Waals surface area contributed by atoms with Crippen molar-refractivity contribution in [2.24, 2.45) is 17.6 Å². The Bertz CT molecular complexity index is 169. The second kappa shape index (κ2) is 6.82. The average Bonchev–Trinajstić information content (AvgIpc) is 2.13. The molecule has 3 nitrogen and oxygen atoms in total. The van der Waals surface area contributed by atoms with Crippen molar-refractivity contribution < 1.29 is 4.79 Å². The number of carbonyl (C=O) groups is 1. The van der Waals surface area contributed by atoms with Gasteiger partial charge in [0.2, 0.25) is 5.91 Å². The van der Waals surface area contributed by atoms with Crippen LogP contribution < -0.4 is 11.1 Å². The minimum absolute atomic E-state index is 0.0145. The van der Waals surface area contributed by atoms with Crippen molar-refractivity contribution in [3.63, 3.8) is 0 Å². The van der Waals surface area contributed by atoms with Crippen LogP contribution in [0.2, 0.25) is 0 Å². The Labute approximate surface area is 87.4 Å². The normalized spacial score (nSPS) is 15.3. The van der Waals surface area contributed by atoms with Crippen molar-refractivity contribution in [2.75, 3.05) is 6.54 Å². The van der Waals surface area contributed by atoms with Crippen LogP contribution in [0.1, 0.15) is 40.5 Å². The fraction of sp³-hybridized carbons (Fsp3) is 0.909. The highest BCUT2D eigenvalue weighted by Crippen LogP contribution is 2.07. The van der Waals surface area contributed by atoms with Crippen molar-refractivity contribution >= 4 is 5.91 Å². The van der Waals surface area contributed by atoms with E-state index in [0.29, 0.717) is 11.8 Å². The Kier molecular flexibility index (Phi) is 6.54. The van der Waals surface area contributed by atoms with E-state index in [9.17, 15) is 4.79 Å². The van der Waals surface area contributed by atoms with Crippen LogP contribution in [0.5, 0.6) is 0 Å². The Morgan fingerprint density at radius 1 is 1.36 bits per heavy atom. The van der Waals surface area contributed by atoms with Crippen molar-refractivity contribution in [3.05, 3.63) is 0 Å². The first-order chi connectivity index (χ1) is 6.49. The van der Waals surface area contributed by atoms with E-state index in [4.69, 9.17) is 5.73 Å². The quantitative estimate of drug-likeness (QED) is 0.683. The highest BCUT2D eigenvalue weighted by atomic mass is 16.2. The number of rotatable bonds is 6. The molecule has 0 fully saturated rings. The predicted molar refractivity (Wildman–Crippen MR) is 59.9 cm³/mol. The molecule has 14 heavy (non-hydrogen) atoms. The predicted octanol–water partition coefficient (Wildman–Crippen LogP) is 1.52. The molecule has 0 radical (unpaired) electrons. The molecule has 0 aromatic rings. The molecule has 0 aromatic carbocycles. The number of hydrogen-bond acceptors (Lipinski definition) is 2. The molecule has 0 aromatic heterocycles. The third kappa shape index (κ3) is 5.22. The Morgan fingerprint density at radius 2 is 1.93 bits per heavy atom. The SMILES string of the molecule is CCC[C@H](N)C(=O)NCC(C)C(C)C. The summed E-state index contributed by atoms with van der Waals surface area (Å²) in [6.45, 7) is 9.21. The van der Waals surface area contributed by atoms with Gasteiger partial charge in [-0.2, -0.15) is 0 Å². The van der Waals surface area contributed by atoms with E-state index < -0.39 is 0 Å². The lowest BCUT2D eigenvalue weighted by molar-refractivity contribution is -0.122. The molecule has 0 heterocycles. The molecule has 2 atom stereocenters. The molecular weight excluding hydrogens is 176 g/mol. The van der Waals surface area contributed by atoms with E-state index >= 15 is 0 Å². The minimum Gasteiger partial charge on any atom is -0.354 e. The maximum absolute atomic E-state index is 11.4. The van der Waals surface area contributed by atoms with Crippen LogP contribution in [0.4, 0.5) is 0 Å². The lowest BCUT2D eigenvalue weighted by Gasteiger charge is -2.17. The van der Waals surface area contributed by atoms with Gasteiger partial charge in [0.1, 0.15) is 0 Å². The minimum atomic E-state index is -0.334. The van der Waals surface area contributed by atoms with Gasteiger partial charge in [-0.1, -0.05) is 34.1 Å². The van der Waals surface area contributed by atoms with Gasteiger partial charge >= 0.3 is 0 Å². The first kappa shape index (κ1) is 13.4. The molecular formula is C11H24N2O. The van der Waals surface area contributed by atoms with E-state index in [1.807, 2.05) is 6.92 Å². The van der Waals surface area contributed by atoms with Crippen molar-refractivity contribution in [2.45, 2.75) is 46.6 Å². The Hall–Kier alpha value is -0.570. The van der Waals surface area contributed by atoms with Gasteiger partial charge in [-0.3, -0.25) is 4.79 Å². The first-order valence-corrected chi connectivity index (χ1v) is 5.52. The van der Waals surface area contributed by atoms with Crippen LogP contribution in [0.25, 0.3) is 0 Å². The lowest BCUT2D eigenvalue weighted by Crippen LogP contribution is -2.42. The van der Waals surface area contributed by atoms with E-state index in [1.165, 1.54) is 0 Å². The topological polar surface area (TPSA) is 55.1 Å². The summed E-state index contributed by atoms with van der Waals surface area (Å²) in [5.74, 6) is 1.09. The fourth-order valence-electron chi connectivity index (χ4n) is 1.07. The summed E-state index contributed by atoms with van der Waals surface area (Å²) < 4.78 is 0. The zero-order valence-corrected chi connectivity index (χ0v) is 9.84. The van der Waals surface area contributed by atoms with Gasteiger partial charge in [-0.05, 0) is 18.3 Å². The molecule has 0 bridgehead atoms. The highest BCUT2D eigenvalue weighted by Gasteiger charge is 2.13. The molecule has 3 N–H and O–H groups in total. The van der Waals surface area contributed by atoms with Gasteiger partial charge in [-0.25, -0.2) is 0 Å². The summed E-state index contributed by atoms with van der Waals surface area (Å²) >= 11 is 0. The number of nitrogens with two attached hydrogens (primary N) is 1. The molecule has 0 spiro atoms. The van der Waals surface area contributed by atoms with Gasteiger partial charge in [0, 0.05) is 6.54 Å². The summed E-state index contributed by atoms with van der Waals surface area (Å²) in [5, 5.41) is 2.88. The summed E-state index contributed by atoms with van der Waals surface area (Å²) in [4.78, 5) is 11.4. The number of nitrogens with one attached hydrogen (secondary N) is 1. The van der Waals surface area contributed by atoms with Gasteiger partial charge in [0.05, 0.1) is 6.04 Å². The number of carbonyl (C=O) groups excluding carboxylic acids is 1. The molecule has 84 valence electrons. The molecule has 0 aliphatic rings. The first-order valence-electron chi connectivity index (χ1n) is 5.52. The molecule has 0 rings (SSSR count). The lowest BCUT2D eigenvalue weighted by atomic mass is 9.98. The second-order valence-electron chi connectivity index (χ2n) is 4.36. The molecule has 0 aliphatic carbocycles. The van der Waals surface area contributed by atoms with Gasteiger partial charge in [0.15, 0.2) is 0 Å². The van der Waals surface area contributed by atoms with Crippen LogP contribution >= 0.6 is 0 Å². The smallest absolute Gasteiger partial charge is 0.236 e. The monoisotopic (exact) mass is 200 g/mol. The largest absolute Gasteiger partial charge is 0.354 e. The van der Waals surface area contributed by atoms with Crippen molar-refractivity contribution in [1.82, 2.24) is 5.32 Å². The maximum atomic E-state index is 11.4. The van der Waals surface area contributed by atoms with Crippen LogP contribution in [0.3, 0.4) is 0 Å². The van der Waals surface area contributed by atoms with E-state index in [1.54, 1.807) is 0 Å². The third-order valence-corrected chi connectivity index (χ3v) is 2.67. The molecule has 0 aliphatic heterocycles. The van der Waals surface area contributed by atoms with Crippen molar-refractivity contribution in [3.8, 4) is 0 Å². The maximum Gasteiger partial charge on any atom is 0.236 e. The third-order valence-electron chi connectivity index (χ3n) is 2.67. The summed E-state index contributed by atoms with van der Waals surface area (Å²) in [5.41, 5.74) is 5.68. The van der Waals surface area contributed by atoms with E-state index in [-0.39, 0.29) is 11.9 Å². The van der Waals surface area contributed by atoms with Crippen LogP contribution in [0.15, 0.2) is 0 Å². The van der Waals surface area contributed by atoms with E-state index in [2.05, 4.69) is 26.1 Å². The van der Waals surface area contributed by atoms with Crippen LogP contribution in [-0.2, 0) is 4.79 Å². The van der Waals surface area contributed by atoms with Crippen LogP contribution in [-0.4, -0.2) is 18.5 Å². The van der Waals surface area contributed by atoms with Gasteiger partial charge in [-0.15, -0.1) is 0 Å². The molecule has 0 saturated carbocycles. The zero-order chi connectivity index (χ0) is 11.1. The second-order valence-corrected chi connectivity index (χ2v) is 4.36. The molecule has 0 saturated heterocycles. The number of amides is 1. The summed E-state index contributed by atoms with van der Waals surface area (Å²) in [7, 11) is 0. The molecule has 3 heteroatoms. The molecule has 1 amide bonds. The Morgan fingerprint density at radius 3 is 2.36 bits per heavy atom. The Balaban J connectivity index is 3.73. The highest BCUT2D eigenvalue weighted by molar-refractivity contribution is 5.81. The van der Waals surface area contributed by atoms with E-state index in [0.717, 1.165) is 19.4 Å². The van der Waals surface area contributed by atoms with Gasteiger partial charge < -0.3 is 11.1 Å². The fourth-order valence-corrected chi connectivity index (χ4v) is 1.07. The standard InChI is InChI=1S/C11H24N2O/c1-5-6-10(12)11(14)13-7-9(4)8(2)3/h8-10H,5-7,12H2,1-4H3,(H,13,14)/t9?,10-/m0/s1. The average molecular weight is 200 g/mol. The van der Waals surface area contributed by atoms with Crippen molar-refractivity contribution in [1.29, 1.82) is 0 Å². The van der Waals surface area contributed by atoms with Gasteiger partial charge in [0.25, 0.3) is 0 Å².